The Bertz CT molecular complexity index is 538. The van der Waals surface area contributed by atoms with Crippen molar-refractivity contribution in [1.82, 2.24) is 0 Å². The lowest BCUT2D eigenvalue weighted by molar-refractivity contribution is 0.166. The minimum atomic E-state index is -3.73. The highest BCUT2D eigenvalue weighted by Crippen LogP contribution is 2.82. The second-order valence-electron chi connectivity index (χ2n) is 6.78. The number of fused-ring (bicyclic) bond motifs is 1. The van der Waals surface area contributed by atoms with Crippen molar-refractivity contribution in [2.45, 2.75) is 71.1 Å². The van der Waals surface area contributed by atoms with Crippen LogP contribution >= 0.6 is 15.2 Å². The monoisotopic (exact) mass is 408 g/mol. The summed E-state index contributed by atoms with van der Waals surface area (Å²) in [6, 6.07) is 0. The largest absolute Gasteiger partial charge is 0.349 e. The molecule has 0 amide bonds. The van der Waals surface area contributed by atoms with E-state index in [1.165, 1.54) is 12.0 Å². The molecule has 0 bridgehead atoms. The first kappa shape index (κ1) is 22.3. The van der Waals surface area contributed by atoms with Crippen LogP contribution in [0.3, 0.4) is 0 Å². The average molecular weight is 408 g/mol. The van der Waals surface area contributed by atoms with Gasteiger partial charge in [0.15, 0.2) is 4.90 Å². The van der Waals surface area contributed by atoms with Gasteiger partial charge in [-0.2, -0.15) is 0 Å². The van der Waals surface area contributed by atoms with E-state index in [-0.39, 0.29) is 32.3 Å². The molecule has 26 heavy (non-hydrogen) atoms. The average Bonchev–Trinajstić information content (AvgIpc) is 2.62. The van der Waals surface area contributed by atoms with Gasteiger partial charge in [0.1, 0.15) is 0 Å². The normalized spacial score (nSPS) is 23.4. The molecular weight excluding hydrogens is 374 g/mol. The van der Waals surface area contributed by atoms with Crippen LogP contribution in [0.2, 0.25) is 0 Å². The highest BCUT2D eigenvalue weighted by Gasteiger charge is 2.66. The molecule has 0 heterocycles. The molecule has 0 radical (unpaired) electrons. The van der Waals surface area contributed by atoms with Gasteiger partial charge in [0.2, 0.25) is 0 Å². The minimum Gasteiger partial charge on any atom is -0.308 e. The predicted octanol–water partition coefficient (Wildman–Crippen LogP) is 6.13. The maximum atomic E-state index is 14.0. The van der Waals surface area contributed by atoms with Crippen LogP contribution in [-0.2, 0) is 27.2 Å². The molecule has 0 unspecified atom stereocenters. The second-order valence-corrected chi connectivity index (χ2v) is 11.9. The quantitative estimate of drug-likeness (QED) is 0.320. The first-order valence-corrected chi connectivity index (χ1v) is 13.0. The molecule has 2 aliphatic carbocycles. The Morgan fingerprint density at radius 3 is 1.88 bits per heavy atom. The van der Waals surface area contributed by atoms with Crippen molar-refractivity contribution < 1.29 is 27.2 Å². The third-order valence-electron chi connectivity index (χ3n) is 5.27. The van der Waals surface area contributed by atoms with Crippen molar-refractivity contribution in [2.75, 3.05) is 26.4 Å². The molecule has 1 saturated carbocycles. The predicted molar refractivity (Wildman–Crippen MR) is 104 cm³/mol. The summed E-state index contributed by atoms with van der Waals surface area (Å²) in [6.07, 6.45) is 7.27. The lowest BCUT2D eigenvalue weighted by Crippen LogP contribution is -2.38. The van der Waals surface area contributed by atoms with Gasteiger partial charge in [0.25, 0.3) is 0 Å². The molecule has 8 heteroatoms. The van der Waals surface area contributed by atoms with Gasteiger partial charge in [-0.1, -0.05) is 18.1 Å². The van der Waals surface area contributed by atoms with Crippen molar-refractivity contribution in [3.05, 3.63) is 11.6 Å². The molecule has 0 spiro atoms. The lowest BCUT2D eigenvalue weighted by atomic mass is 9.77. The maximum Gasteiger partial charge on any atom is 0.349 e. The van der Waals surface area contributed by atoms with Gasteiger partial charge in [-0.15, -0.1) is 0 Å². The molecule has 6 nitrogen and oxygen atoms in total. The van der Waals surface area contributed by atoms with Crippen molar-refractivity contribution in [3.8, 4) is 0 Å². The van der Waals surface area contributed by atoms with Crippen LogP contribution in [0.1, 0.15) is 66.2 Å². The fraction of sp³-hybridized carbons (Fsp3) is 0.889. The molecule has 0 aromatic carbocycles. The van der Waals surface area contributed by atoms with Crippen molar-refractivity contribution in [1.29, 1.82) is 0 Å². The minimum absolute atomic E-state index is 0.221. The number of hydrogen-bond acceptors (Lipinski definition) is 6. The number of hydrogen-bond donors (Lipinski definition) is 0. The molecule has 1 fully saturated rings. The van der Waals surface area contributed by atoms with E-state index in [9.17, 15) is 9.13 Å². The Labute approximate surface area is 158 Å². The molecule has 152 valence electrons. The van der Waals surface area contributed by atoms with Gasteiger partial charge >= 0.3 is 15.2 Å². The maximum absolute atomic E-state index is 14.0. The van der Waals surface area contributed by atoms with Crippen LogP contribution < -0.4 is 0 Å². The summed E-state index contributed by atoms with van der Waals surface area (Å²) in [6.45, 7) is 7.98. The molecular formula is C18H34O6P2. The number of rotatable bonds is 10. The van der Waals surface area contributed by atoms with Crippen LogP contribution in [-0.4, -0.2) is 31.3 Å². The summed E-state index contributed by atoms with van der Waals surface area (Å²) in [7, 11) is -7.46. The SMILES string of the molecule is CCOP(=O)(OCC)C1(P(=O)(OCC)OCC)CC=C2CCCC[C@@H]2C1. The Morgan fingerprint density at radius 2 is 1.42 bits per heavy atom. The van der Waals surface area contributed by atoms with Gasteiger partial charge in [0.05, 0.1) is 26.4 Å². The van der Waals surface area contributed by atoms with E-state index >= 15 is 0 Å². The van der Waals surface area contributed by atoms with Crippen LogP contribution in [0.25, 0.3) is 0 Å². The van der Waals surface area contributed by atoms with E-state index in [0.29, 0.717) is 12.8 Å². The van der Waals surface area contributed by atoms with Gasteiger partial charge in [-0.3, -0.25) is 9.13 Å². The van der Waals surface area contributed by atoms with Gasteiger partial charge in [-0.05, 0) is 65.7 Å². The Hall–Kier alpha value is 0.0400. The third-order valence-corrected chi connectivity index (χ3v) is 11.9. The molecule has 2 aliphatic rings. The topological polar surface area (TPSA) is 71.1 Å². The molecule has 1 atom stereocenters. The van der Waals surface area contributed by atoms with Gasteiger partial charge in [0, 0.05) is 0 Å². The van der Waals surface area contributed by atoms with E-state index in [4.69, 9.17) is 18.1 Å². The first-order valence-electron chi connectivity index (χ1n) is 9.89. The zero-order valence-corrected chi connectivity index (χ0v) is 18.4. The van der Waals surface area contributed by atoms with Crippen molar-refractivity contribution >= 4 is 15.2 Å². The van der Waals surface area contributed by atoms with Gasteiger partial charge in [-0.25, -0.2) is 0 Å². The summed E-state index contributed by atoms with van der Waals surface area (Å²) in [5.74, 6) is 0.237. The van der Waals surface area contributed by atoms with Crippen LogP contribution in [0.5, 0.6) is 0 Å². The summed E-state index contributed by atoms with van der Waals surface area (Å²) in [5, 5.41) is 0. The lowest BCUT2D eigenvalue weighted by Gasteiger charge is -2.47. The van der Waals surface area contributed by atoms with Crippen LogP contribution in [0.15, 0.2) is 11.6 Å². The summed E-state index contributed by atoms with van der Waals surface area (Å²) >= 11 is 0. The fourth-order valence-electron chi connectivity index (χ4n) is 4.22. The van der Waals surface area contributed by atoms with Crippen LogP contribution in [0, 0.1) is 5.92 Å². The standard InChI is InChI=1S/C18H34O6P2/c1-5-21-25(19,22-6-2)18(26(20,23-7-3)24-8-4)14-13-16-11-9-10-12-17(16)15-18/h13,17H,5-12,14-15H2,1-4H3/t17-/m1/s1. The molecule has 2 rings (SSSR count). The Kier molecular flexibility index (Phi) is 8.15. The molecule has 0 aliphatic heterocycles. The summed E-state index contributed by atoms with van der Waals surface area (Å²) in [5.41, 5.74) is 1.38. The molecule has 0 saturated heterocycles. The van der Waals surface area contributed by atoms with E-state index in [0.717, 1.165) is 19.3 Å². The van der Waals surface area contributed by atoms with E-state index in [2.05, 4.69) is 6.08 Å². The fourth-order valence-corrected chi connectivity index (χ4v) is 10.1. The first-order chi connectivity index (χ1) is 12.4. The third kappa shape index (κ3) is 4.06. The van der Waals surface area contributed by atoms with E-state index in [1.807, 2.05) is 0 Å². The molecule has 0 aromatic heterocycles. The summed E-state index contributed by atoms with van der Waals surface area (Å²) < 4.78 is 50.7. The van der Waals surface area contributed by atoms with Crippen LogP contribution in [0.4, 0.5) is 0 Å². The Morgan fingerprint density at radius 1 is 0.923 bits per heavy atom. The highest BCUT2D eigenvalue weighted by molar-refractivity contribution is 7.74. The van der Waals surface area contributed by atoms with E-state index in [1.54, 1.807) is 27.7 Å². The van der Waals surface area contributed by atoms with Gasteiger partial charge < -0.3 is 18.1 Å². The van der Waals surface area contributed by atoms with E-state index < -0.39 is 20.1 Å². The Balaban J connectivity index is 2.59. The highest BCUT2D eigenvalue weighted by atomic mass is 31.2. The molecule has 0 aromatic rings. The van der Waals surface area contributed by atoms with Crippen molar-refractivity contribution in [2.24, 2.45) is 5.92 Å². The van der Waals surface area contributed by atoms with Crippen molar-refractivity contribution in [3.63, 3.8) is 0 Å². The number of allylic oxidation sites excluding steroid dienone is 2. The molecule has 0 N–H and O–H groups in total. The zero-order chi connectivity index (χ0) is 19.3. The zero-order valence-electron chi connectivity index (χ0n) is 16.6. The summed E-state index contributed by atoms with van der Waals surface area (Å²) in [4.78, 5) is -1.27. The smallest absolute Gasteiger partial charge is 0.308 e. The second kappa shape index (κ2) is 9.49.